The molecule has 1 aromatic rings. The molecule has 0 radical (unpaired) electrons. The number of nitrogens with one attached hydrogen (secondary N) is 1. The van der Waals surface area contributed by atoms with Crippen molar-refractivity contribution in [3.8, 4) is 6.07 Å². The first-order chi connectivity index (χ1) is 7.69. The lowest BCUT2D eigenvalue weighted by atomic mass is 10.2. The van der Waals surface area contributed by atoms with Crippen LogP contribution in [0.25, 0.3) is 4.91 Å². The van der Waals surface area contributed by atoms with Gasteiger partial charge in [-0.25, -0.2) is 0 Å². The van der Waals surface area contributed by atoms with Crippen molar-refractivity contribution in [2.45, 2.75) is 6.92 Å². The van der Waals surface area contributed by atoms with Crippen molar-refractivity contribution in [2.24, 2.45) is 0 Å². The van der Waals surface area contributed by atoms with E-state index in [1.54, 1.807) is 0 Å². The second kappa shape index (κ2) is 5.99. The molecular weight excluding hydrogens is 220 g/mol. The largest absolute Gasteiger partial charge is 0.317 e. The molecule has 16 heavy (non-hydrogen) atoms. The van der Waals surface area contributed by atoms with Crippen LogP contribution >= 0.6 is 11.8 Å². The molecular formula is C12H12N2OS. The summed E-state index contributed by atoms with van der Waals surface area (Å²) < 4.78 is 0. The van der Waals surface area contributed by atoms with E-state index in [1.165, 1.54) is 18.7 Å². The molecule has 0 aliphatic heterocycles. The molecule has 1 aromatic carbocycles. The molecule has 0 unspecified atom stereocenters. The molecule has 0 saturated heterocycles. The zero-order chi connectivity index (χ0) is 12.0. The second-order valence-corrected chi connectivity index (χ2v) is 3.88. The maximum atomic E-state index is 11.0. The van der Waals surface area contributed by atoms with Crippen molar-refractivity contribution in [3.05, 3.63) is 41.6 Å². The standard InChI is InChI=1S/C12H12N2OS/c1-9(15)14-11(8-13)12(16-2)10-6-4-3-5-7-10/h3-7H,1-2H3,(H,14,15)/b12-11+. The Kier molecular flexibility index (Phi) is 4.62. The van der Waals surface area contributed by atoms with Crippen LogP contribution in [0.2, 0.25) is 0 Å². The number of carbonyl (C=O) groups excluding carboxylic acids is 1. The fourth-order valence-corrected chi connectivity index (χ4v) is 1.94. The van der Waals surface area contributed by atoms with Crippen molar-refractivity contribution in [3.63, 3.8) is 0 Å². The van der Waals surface area contributed by atoms with Crippen LogP contribution in [0, 0.1) is 11.3 Å². The van der Waals surface area contributed by atoms with Crippen molar-refractivity contribution in [1.82, 2.24) is 5.32 Å². The summed E-state index contributed by atoms with van der Waals surface area (Å²) in [6.07, 6.45) is 1.88. The summed E-state index contributed by atoms with van der Waals surface area (Å²) in [5, 5.41) is 11.5. The number of allylic oxidation sites excluding steroid dienone is 1. The van der Waals surface area contributed by atoms with E-state index >= 15 is 0 Å². The average molecular weight is 232 g/mol. The first-order valence-corrected chi connectivity index (χ1v) is 5.93. The minimum Gasteiger partial charge on any atom is -0.317 e. The van der Waals surface area contributed by atoms with Gasteiger partial charge in [0.15, 0.2) is 0 Å². The Morgan fingerprint density at radius 2 is 2.00 bits per heavy atom. The highest BCUT2D eigenvalue weighted by molar-refractivity contribution is 8.07. The maximum Gasteiger partial charge on any atom is 0.221 e. The van der Waals surface area contributed by atoms with Crippen LogP contribution in [0.3, 0.4) is 0 Å². The zero-order valence-electron chi connectivity index (χ0n) is 9.15. The lowest BCUT2D eigenvalue weighted by molar-refractivity contribution is -0.118. The molecule has 3 nitrogen and oxygen atoms in total. The molecule has 0 aliphatic rings. The monoisotopic (exact) mass is 232 g/mol. The van der Waals surface area contributed by atoms with Gasteiger partial charge in [0.2, 0.25) is 5.91 Å². The van der Waals surface area contributed by atoms with E-state index in [9.17, 15) is 4.79 Å². The van der Waals surface area contributed by atoms with Gasteiger partial charge in [0.25, 0.3) is 0 Å². The van der Waals surface area contributed by atoms with Gasteiger partial charge in [-0.05, 0) is 11.8 Å². The fraction of sp³-hybridized carbons (Fsp3) is 0.167. The summed E-state index contributed by atoms with van der Waals surface area (Å²) in [6, 6.07) is 11.5. The van der Waals surface area contributed by atoms with Crippen molar-refractivity contribution in [1.29, 1.82) is 5.26 Å². The van der Waals surface area contributed by atoms with Crippen LogP contribution in [-0.2, 0) is 4.79 Å². The molecule has 82 valence electrons. The molecule has 0 aromatic heterocycles. The van der Waals surface area contributed by atoms with E-state index in [4.69, 9.17) is 5.26 Å². The summed E-state index contributed by atoms with van der Waals surface area (Å²) in [5.41, 5.74) is 1.23. The molecule has 0 atom stereocenters. The van der Waals surface area contributed by atoms with Gasteiger partial charge in [0, 0.05) is 11.8 Å². The maximum absolute atomic E-state index is 11.0. The van der Waals surface area contributed by atoms with Gasteiger partial charge in [-0.1, -0.05) is 30.3 Å². The Morgan fingerprint density at radius 3 is 2.44 bits per heavy atom. The average Bonchev–Trinajstić information content (AvgIpc) is 2.29. The number of rotatable bonds is 3. The van der Waals surface area contributed by atoms with Crippen LogP contribution in [-0.4, -0.2) is 12.2 Å². The van der Waals surface area contributed by atoms with Gasteiger partial charge in [-0.15, -0.1) is 11.8 Å². The number of thioether (sulfide) groups is 1. The lowest BCUT2D eigenvalue weighted by Crippen LogP contribution is -2.19. The molecule has 0 saturated carbocycles. The first kappa shape index (κ1) is 12.3. The number of benzene rings is 1. The second-order valence-electron chi connectivity index (χ2n) is 3.07. The van der Waals surface area contributed by atoms with Crippen molar-refractivity contribution < 1.29 is 4.79 Å². The predicted octanol–water partition coefficient (Wildman–Crippen LogP) is 2.38. The Bertz CT molecular complexity index is 446. The molecule has 0 aliphatic carbocycles. The summed E-state index contributed by atoms with van der Waals surface area (Å²) in [5.74, 6) is -0.237. The SMILES string of the molecule is CS/C(=C(\C#N)NC(C)=O)c1ccccc1. The van der Waals surface area contributed by atoms with Crippen LogP contribution in [0.5, 0.6) is 0 Å². The van der Waals surface area contributed by atoms with Gasteiger partial charge in [0.05, 0.1) is 0 Å². The quantitative estimate of drug-likeness (QED) is 0.814. The van der Waals surface area contributed by atoms with E-state index in [-0.39, 0.29) is 5.91 Å². The molecule has 0 fully saturated rings. The Balaban J connectivity index is 3.17. The van der Waals surface area contributed by atoms with Gasteiger partial charge in [-0.3, -0.25) is 4.79 Å². The molecule has 0 spiro atoms. The lowest BCUT2D eigenvalue weighted by Gasteiger charge is -2.08. The number of amides is 1. The van der Waals surface area contributed by atoms with Crippen LogP contribution in [0.1, 0.15) is 12.5 Å². The molecule has 0 bridgehead atoms. The summed E-state index contributed by atoms with van der Waals surface area (Å²) in [6.45, 7) is 1.39. The summed E-state index contributed by atoms with van der Waals surface area (Å²) in [4.78, 5) is 11.7. The molecule has 4 heteroatoms. The Hall–Kier alpha value is -1.73. The van der Waals surface area contributed by atoms with Gasteiger partial charge >= 0.3 is 0 Å². The molecule has 1 N–H and O–H groups in total. The smallest absolute Gasteiger partial charge is 0.221 e. The van der Waals surface area contributed by atoms with Crippen molar-refractivity contribution in [2.75, 3.05) is 6.26 Å². The third-order valence-electron chi connectivity index (χ3n) is 1.88. The third-order valence-corrected chi connectivity index (χ3v) is 2.73. The third kappa shape index (κ3) is 3.14. The van der Waals surface area contributed by atoms with Crippen LogP contribution in [0.15, 0.2) is 36.0 Å². The summed E-state index contributed by atoms with van der Waals surface area (Å²) in [7, 11) is 0. The van der Waals surface area contributed by atoms with E-state index in [1.807, 2.05) is 42.7 Å². The minimum atomic E-state index is -0.237. The summed E-state index contributed by atoms with van der Waals surface area (Å²) >= 11 is 1.44. The fourth-order valence-electron chi connectivity index (χ4n) is 1.27. The van der Waals surface area contributed by atoms with Crippen LogP contribution < -0.4 is 5.32 Å². The zero-order valence-corrected chi connectivity index (χ0v) is 9.97. The number of nitriles is 1. The van der Waals surface area contributed by atoms with Crippen LogP contribution in [0.4, 0.5) is 0 Å². The Labute approximate surface area is 99.2 Å². The van der Waals surface area contributed by atoms with Gasteiger partial charge < -0.3 is 5.32 Å². The number of nitrogens with zero attached hydrogens (tertiary/aromatic N) is 1. The van der Waals surface area contributed by atoms with E-state index in [0.717, 1.165) is 10.5 Å². The predicted molar refractivity (Wildman–Crippen MR) is 66.3 cm³/mol. The number of hydrogen-bond donors (Lipinski definition) is 1. The number of hydrogen-bond acceptors (Lipinski definition) is 3. The minimum absolute atomic E-state index is 0.237. The Morgan fingerprint density at radius 1 is 1.38 bits per heavy atom. The van der Waals surface area contributed by atoms with E-state index < -0.39 is 0 Å². The first-order valence-electron chi connectivity index (χ1n) is 4.70. The highest BCUT2D eigenvalue weighted by Gasteiger charge is 2.09. The van der Waals surface area contributed by atoms with Gasteiger partial charge in [0.1, 0.15) is 11.8 Å². The van der Waals surface area contributed by atoms with E-state index in [2.05, 4.69) is 5.32 Å². The molecule has 1 rings (SSSR count). The highest BCUT2D eigenvalue weighted by atomic mass is 32.2. The molecule has 0 heterocycles. The number of carbonyl (C=O) groups is 1. The highest BCUT2D eigenvalue weighted by Crippen LogP contribution is 2.27. The van der Waals surface area contributed by atoms with Gasteiger partial charge in [-0.2, -0.15) is 5.26 Å². The molecule has 1 amide bonds. The topological polar surface area (TPSA) is 52.9 Å². The van der Waals surface area contributed by atoms with E-state index in [0.29, 0.717) is 5.70 Å². The van der Waals surface area contributed by atoms with Crippen molar-refractivity contribution >= 4 is 22.6 Å². The normalized spacial score (nSPS) is 11.3.